The first kappa shape index (κ1) is 14.7. The number of ether oxygens (including phenoxy) is 1. The number of nitrogens with one attached hydrogen (secondary N) is 1. The molecule has 1 saturated heterocycles. The minimum absolute atomic E-state index is 0.217. The highest BCUT2D eigenvalue weighted by Crippen LogP contribution is 2.45. The smallest absolute Gasteiger partial charge is 0.243 e. The molecule has 1 fully saturated rings. The minimum Gasteiger partial charge on any atom is -0.383 e. The minimum atomic E-state index is -0.635. The Balaban J connectivity index is 2.00. The zero-order chi connectivity index (χ0) is 13.7. The summed E-state index contributed by atoms with van der Waals surface area (Å²) in [5.41, 5.74) is 7.73. The van der Waals surface area contributed by atoms with Crippen molar-refractivity contribution in [2.75, 3.05) is 30.5 Å². The third-order valence-electron chi connectivity index (χ3n) is 2.73. The summed E-state index contributed by atoms with van der Waals surface area (Å²) < 4.78 is 5.35. The molecular weight excluding hydrogens is 280 g/mol. The van der Waals surface area contributed by atoms with Crippen LogP contribution in [-0.2, 0) is 9.53 Å². The molecule has 1 atom stereocenters. The molecule has 1 amide bonds. The van der Waals surface area contributed by atoms with Gasteiger partial charge in [-0.2, -0.15) is 0 Å². The van der Waals surface area contributed by atoms with Crippen molar-refractivity contribution in [3.8, 4) is 0 Å². The van der Waals surface area contributed by atoms with Crippen LogP contribution in [0.15, 0.2) is 24.3 Å². The van der Waals surface area contributed by atoms with E-state index in [-0.39, 0.29) is 12.5 Å². The van der Waals surface area contributed by atoms with Gasteiger partial charge in [0, 0.05) is 24.3 Å². The molecule has 1 aromatic rings. The van der Waals surface area contributed by atoms with Crippen LogP contribution in [0.1, 0.15) is 10.1 Å². The van der Waals surface area contributed by atoms with E-state index in [1.165, 1.54) is 24.2 Å². The molecule has 19 heavy (non-hydrogen) atoms. The first-order chi connectivity index (χ1) is 9.20. The molecule has 0 radical (unpaired) electrons. The Kier molecular flexibility index (Phi) is 5.57. The molecule has 1 heterocycles. The van der Waals surface area contributed by atoms with E-state index in [4.69, 9.17) is 10.5 Å². The predicted molar refractivity (Wildman–Crippen MR) is 82.6 cm³/mol. The monoisotopic (exact) mass is 298 g/mol. The van der Waals surface area contributed by atoms with E-state index in [2.05, 4.69) is 11.4 Å². The molecule has 0 aliphatic carbocycles. The van der Waals surface area contributed by atoms with Crippen molar-refractivity contribution in [1.82, 2.24) is 0 Å². The highest BCUT2D eigenvalue weighted by molar-refractivity contribution is 8.19. The summed E-state index contributed by atoms with van der Waals surface area (Å²) in [6.07, 6.45) is 0. The SMILES string of the molecule is COCC(N)C(=O)Nc1cccc(C2SCCS2)c1. The molecule has 0 bridgehead atoms. The van der Waals surface area contributed by atoms with Gasteiger partial charge < -0.3 is 15.8 Å². The number of benzene rings is 1. The summed E-state index contributed by atoms with van der Waals surface area (Å²) in [4.78, 5) is 11.8. The molecule has 0 spiro atoms. The Labute approximate surface area is 121 Å². The topological polar surface area (TPSA) is 64.3 Å². The summed E-state index contributed by atoms with van der Waals surface area (Å²) in [5, 5.41) is 2.83. The first-order valence-corrected chi connectivity index (χ1v) is 8.19. The Morgan fingerprint density at radius 1 is 1.53 bits per heavy atom. The number of hydrogen-bond acceptors (Lipinski definition) is 5. The van der Waals surface area contributed by atoms with E-state index in [1.807, 2.05) is 41.7 Å². The fourth-order valence-electron chi connectivity index (χ4n) is 1.80. The quantitative estimate of drug-likeness (QED) is 0.871. The van der Waals surface area contributed by atoms with Gasteiger partial charge in [0.25, 0.3) is 0 Å². The fraction of sp³-hybridized carbons (Fsp3) is 0.462. The van der Waals surface area contributed by atoms with Crippen LogP contribution < -0.4 is 11.1 Å². The van der Waals surface area contributed by atoms with Crippen LogP contribution in [0.2, 0.25) is 0 Å². The Bertz CT molecular complexity index is 436. The van der Waals surface area contributed by atoms with E-state index >= 15 is 0 Å². The molecule has 1 unspecified atom stereocenters. The molecular formula is C13H18N2O2S2. The normalized spacial score (nSPS) is 17.4. The van der Waals surface area contributed by atoms with E-state index < -0.39 is 6.04 Å². The Hall–Kier alpha value is -0.690. The predicted octanol–water partition coefficient (Wildman–Crippen LogP) is 2.08. The van der Waals surface area contributed by atoms with E-state index in [0.717, 1.165) is 5.69 Å². The maximum absolute atomic E-state index is 11.8. The van der Waals surface area contributed by atoms with Gasteiger partial charge in [-0.15, -0.1) is 23.5 Å². The third kappa shape index (κ3) is 4.14. The second-order valence-electron chi connectivity index (χ2n) is 4.25. The summed E-state index contributed by atoms with van der Waals surface area (Å²) in [6, 6.07) is 7.33. The van der Waals surface area contributed by atoms with Crippen molar-refractivity contribution in [2.45, 2.75) is 10.6 Å². The maximum Gasteiger partial charge on any atom is 0.243 e. The number of amides is 1. The molecule has 104 valence electrons. The molecule has 1 aliphatic rings. The highest BCUT2D eigenvalue weighted by Gasteiger charge is 2.19. The van der Waals surface area contributed by atoms with Crippen molar-refractivity contribution >= 4 is 35.1 Å². The summed E-state index contributed by atoms with van der Waals surface area (Å²) >= 11 is 3.89. The Morgan fingerprint density at radius 2 is 2.26 bits per heavy atom. The molecule has 4 nitrogen and oxygen atoms in total. The van der Waals surface area contributed by atoms with E-state index in [0.29, 0.717) is 4.58 Å². The van der Waals surface area contributed by atoms with Crippen LogP contribution in [0.25, 0.3) is 0 Å². The number of anilines is 1. The third-order valence-corrected chi connectivity index (χ3v) is 5.84. The van der Waals surface area contributed by atoms with Gasteiger partial charge in [-0.3, -0.25) is 4.79 Å². The molecule has 3 N–H and O–H groups in total. The zero-order valence-corrected chi connectivity index (χ0v) is 12.4. The second kappa shape index (κ2) is 7.19. The van der Waals surface area contributed by atoms with Gasteiger partial charge in [0.05, 0.1) is 11.2 Å². The van der Waals surface area contributed by atoms with Crippen LogP contribution >= 0.6 is 23.5 Å². The number of nitrogens with two attached hydrogens (primary N) is 1. The second-order valence-corrected chi connectivity index (χ2v) is 6.97. The lowest BCUT2D eigenvalue weighted by molar-refractivity contribution is -0.118. The van der Waals surface area contributed by atoms with Crippen LogP contribution in [0.3, 0.4) is 0 Å². The number of thioether (sulfide) groups is 2. The molecule has 0 aromatic heterocycles. The van der Waals surface area contributed by atoms with Crippen LogP contribution in [0, 0.1) is 0 Å². The lowest BCUT2D eigenvalue weighted by atomic mass is 10.2. The van der Waals surface area contributed by atoms with Gasteiger partial charge in [-0.25, -0.2) is 0 Å². The average Bonchev–Trinajstić information content (AvgIpc) is 2.93. The highest BCUT2D eigenvalue weighted by atomic mass is 32.2. The number of rotatable bonds is 5. The van der Waals surface area contributed by atoms with Gasteiger partial charge >= 0.3 is 0 Å². The molecule has 2 rings (SSSR count). The largest absolute Gasteiger partial charge is 0.383 e. The fourth-order valence-corrected chi connectivity index (χ4v) is 4.64. The van der Waals surface area contributed by atoms with Crippen molar-refractivity contribution in [3.63, 3.8) is 0 Å². The van der Waals surface area contributed by atoms with Gasteiger partial charge in [0.1, 0.15) is 6.04 Å². The van der Waals surface area contributed by atoms with Crippen LogP contribution in [0.5, 0.6) is 0 Å². The van der Waals surface area contributed by atoms with Crippen molar-refractivity contribution in [3.05, 3.63) is 29.8 Å². The van der Waals surface area contributed by atoms with Crippen molar-refractivity contribution < 1.29 is 9.53 Å². The Morgan fingerprint density at radius 3 is 2.95 bits per heavy atom. The molecule has 6 heteroatoms. The lowest BCUT2D eigenvalue weighted by Crippen LogP contribution is -2.39. The summed E-state index contributed by atoms with van der Waals surface area (Å²) in [7, 11) is 1.53. The van der Waals surface area contributed by atoms with Gasteiger partial charge in [-0.1, -0.05) is 12.1 Å². The number of carbonyl (C=O) groups excluding carboxylic acids is 1. The van der Waals surface area contributed by atoms with Crippen LogP contribution in [-0.4, -0.2) is 37.2 Å². The van der Waals surface area contributed by atoms with Crippen molar-refractivity contribution in [2.24, 2.45) is 5.73 Å². The summed E-state index contributed by atoms with van der Waals surface area (Å²) in [5.74, 6) is 2.15. The molecule has 1 aliphatic heterocycles. The van der Waals surface area contributed by atoms with Gasteiger partial charge in [0.2, 0.25) is 5.91 Å². The average molecular weight is 298 g/mol. The lowest BCUT2D eigenvalue weighted by Gasteiger charge is -2.13. The number of carbonyl (C=O) groups is 1. The zero-order valence-electron chi connectivity index (χ0n) is 10.8. The standard InChI is InChI=1S/C13H18N2O2S2/c1-17-8-11(14)12(16)15-10-4-2-3-9(7-10)13-18-5-6-19-13/h2-4,7,11,13H,5-6,8,14H2,1H3,(H,15,16). The van der Waals surface area contributed by atoms with Crippen molar-refractivity contribution in [1.29, 1.82) is 0 Å². The summed E-state index contributed by atoms with van der Waals surface area (Å²) in [6.45, 7) is 0.222. The van der Waals surface area contributed by atoms with E-state index in [1.54, 1.807) is 0 Å². The maximum atomic E-state index is 11.8. The van der Waals surface area contributed by atoms with Crippen LogP contribution in [0.4, 0.5) is 5.69 Å². The molecule has 1 aromatic carbocycles. The van der Waals surface area contributed by atoms with Gasteiger partial charge in [0.15, 0.2) is 0 Å². The van der Waals surface area contributed by atoms with E-state index in [9.17, 15) is 4.79 Å². The molecule has 0 saturated carbocycles. The number of methoxy groups -OCH3 is 1. The van der Waals surface area contributed by atoms with Gasteiger partial charge in [-0.05, 0) is 17.7 Å². The number of hydrogen-bond donors (Lipinski definition) is 2. The first-order valence-electron chi connectivity index (χ1n) is 6.09.